The Balaban J connectivity index is 1.98. The third-order valence-electron chi connectivity index (χ3n) is 3.40. The number of nitro groups is 1. The highest BCUT2D eigenvalue weighted by atomic mass is 32.1. The molecule has 0 unspecified atom stereocenters. The van der Waals surface area contributed by atoms with Gasteiger partial charge in [-0.2, -0.15) is 9.78 Å². The second kappa shape index (κ2) is 6.59. The second-order valence-electron chi connectivity index (χ2n) is 4.88. The molecule has 0 fully saturated rings. The van der Waals surface area contributed by atoms with E-state index in [0.717, 1.165) is 0 Å². The zero-order valence-electron chi connectivity index (χ0n) is 12.7. The van der Waals surface area contributed by atoms with Crippen molar-refractivity contribution < 1.29 is 9.34 Å². The SMILES string of the molecule is CCc1ccc(/C=N\n2c(-c3ccco3)n[nH]c2=S)cc1[N+](=O)[O-]. The van der Waals surface area contributed by atoms with Crippen molar-refractivity contribution in [3.05, 3.63) is 62.6 Å². The van der Waals surface area contributed by atoms with E-state index in [-0.39, 0.29) is 10.5 Å². The minimum absolute atomic E-state index is 0.0727. The Kier molecular flexibility index (Phi) is 4.34. The van der Waals surface area contributed by atoms with Crippen LogP contribution in [-0.2, 0) is 6.42 Å². The lowest BCUT2D eigenvalue weighted by Gasteiger charge is -2.01. The van der Waals surface area contributed by atoms with Crippen LogP contribution in [0.2, 0.25) is 0 Å². The monoisotopic (exact) mass is 343 g/mol. The van der Waals surface area contributed by atoms with Crippen LogP contribution in [0.15, 0.2) is 46.1 Å². The average Bonchev–Trinajstić information content (AvgIpc) is 3.22. The summed E-state index contributed by atoms with van der Waals surface area (Å²) < 4.78 is 6.98. The summed E-state index contributed by atoms with van der Waals surface area (Å²) in [4.78, 5) is 10.7. The van der Waals surface area contributed by atoms with Gasteiger partial charge in [-0.15, -0.1) is 5.10 Å². The summed E-state index contributed by atoms with van der Waals surface area (Å²) in [6, 6.07) is 8.44. The van der Waals surface area contributed by atoms with Gasteiger partial charge >= 0.3 is 0 Å². The molecule has 122 valence electrons. The van der Waals surface area contributed by atoms with Crippen molar-refractivity contribution in [2.24, 2.45) is 5.10 Å². The van der Waals surface area contributed by atoms with E-state index >= 15 is 0 Å². The Morgan fingerprint density at radius 1 is 1.50 bits per heavy atom. The fraction of sp³-hybridized carbons (Fsp3) is 0.133. The van der Waals surface area contributed by atoms with Crippen molar-refractivity contribution in [2.75, 3.05) is 0 Å². The van der Waals surface area contributed by atoms with Gasteiger partial charge in [-0.1, -0.05) is 19.1 Å². The van der Waals surface area contributed by atoms with E-state index in [1.165, 1.54) is 23.2 Å². The number of nitrogens with zero attached hydrogens (tertiary/aromatic N) is 4. The molecule has 1 aromatic carbocycles. The smallest absolute Gasteiger partial charge is 0.273 e. The molecule has 0 bridgehead atoms. The Bertz CT molecular complexity index is 956. The zero-order valence-corrected chi connectivity index (χ0v) is 13.5. The van der Waals surface area contributed by atoms with Gasteiger partial charge in [0.05, 0.1) is 17.4 Å². The van der Waals surface area contributed by atoms with Crippen LogP contribution < -0.4 is 0 Å². The summed E-state index contributed by atoms with van der Waals surface area (Å²) in [5.74, 6) is 0.924. The van der Waals surface area contributed by atoms with E-state index in [1.807, 2.05) is 6.92 Å². The number of aryl methyl sites for hydroxylation is 1. The van der Waals surface area contributed by atoms with Crippen LogP contribution in [0, 0.1) is 14.9 Å². The summed E-state index contributed by atoms with van der Waals surface area (Å²) in [6.07, 6.45) is 3.60. The molecular weight excluding hydrogens is 330 g/mol. The number of nitro benzene ring substituents is 1. The lowest BCUT2D eigenvalue weighted by atomic mass is 10.1. The highest BCUT2D eigenvalue weighted by molar-refractivity contribution is 7.71. The Hall–Kier alpha value is -3.07. The molecule has 8 nitrogen and oxygen atoms in total. The zero-order chi connectivity index (χ0) is 17.1. The van der Waals surface area contributed by atoms with Gasteiger partial charge in [-0.3, -0.25) is 10.1 Å². The van der Waals surface area contributed by atoms with Crippen LogP contribution >= 0.6 is 12.2 Å². The van der Waals surface area contributed by atoms with Crippen LogP contribution in [0.4, 0.5) is 5.69 Å². The normalized spacial score (nSPS) is 11.2. The van der Waals surface area contributed by atoms with Gasteiger partial charge in [-0.25, -0.2) is 5.10 Å². The van der Waals surface area contributed by atoms with Crippen molar-refractivity contribution in [1.82, 2.24) is 14.9 Å². The summed E-state index contributed by atoms with van der Waals surface area (Å²) in [5, 5.41) is 22.1. The lowest BCUT2D eigenvalue weighted by Crippen LogP contribution is -1.97. The standard InChI is InChI=1S/C15H13N5O3S/c1-2-11-6-5-10(8-12(11)20(21)22)9-16-19-14(17-18-15(19)24)13-4-3-7-23-13/h3-9H,2H2,1H3,(H,18,24)/b16-9-. The van der Waals surface area contributed by atoms with E-state index in [4.69, 9.17) is 16.6 Å². The van der Waals surface area contributed by atoms with Crippen LogP contribution in [0.1, 0.15) is 18.1 Å². The van der Waals surface area contributed by atoms with E-state index in [9.17, 15) is 10.1 Å². The summed E-state index contributed by atoms with van der Waals surface area (Å²) in [5.41, 5.74) is 1.34. The van der Waals surface area contributed by atoms with Crippen LogP contribution in [0.3, 0.4) is 0 Å². The Morgan fingerprint density at radius 3 is 3.00 bits per heavy atom. The lowest BCUT2D eigenvalue weighted by molar-refractivity contribution is -0.385. The van der Waals surface area contributed by atoms with E-state index < -0.39 is 4.92 Å². The number of nitrogens with one attached hydrogen (secondary N) is 1. The van der Waals surface area contributed by atoms with Gasteiger partial charge in [0.1, 0.15) is 0 Å². The maximum absolute atomic E-state index is 11.1. The van der Waals surface area contributed by atoms with Crippen molar-refractivity contribution >= 4 is 24.1 Å². The van der Waals surface area contributed by atoms with Crippen LogP contribution in [0.25, 0.3) is 11.6 Å². The molecule has 2 heterocycles. The van der Waals surface area contributed by atoms with Crippen molar-refractivity contribution in [1.29, 1.82) is 0 Å². The van der Waals surface area contributed by atoms with Gasteiger partial charge in [0.15, 0.2) is 5.76 Å². The highest BCUT2D eigenvalue weighted by Crippen LogP contribution is 2.21. The molecule has 3 aromatic rings. The largest absolute Gasteiger partial charge is 0.461 e. The molecular formula is C15H13N5O3S. The third kappa shape index (κ3) is 3.01. The van der Waals surface area contributed by atoms with Crippen LogP contribution in [0.5, 0.6) is 0 Å². The molecule has 0 amide bonds. The van der Waals surface area contributed by atoms with E-state index in [2.05, 4.69) is 15.3 Å². The fourth-order valence-electron chi connectivity index (χ4n) is 2.22. The molecule has 0 aliphatic heterocycles. The van der Waals surface area contributed by atoms with Crippen molar-refractivity contribution in [3.8, 4) is 11.6 Å². The van der Waals surface area contributed by atoms with Gasteiger partial charge < -0.3 is 4.42 Å². The van der Waals surface area contributed by atoms with E-state index in [0.29, 0.717) is 29.1 Å². The number of benzene rings is 1. The number of furan rings is 1. The highest BCUT2D eigenvalue weighted by Gasteiger charge is 2.13. The maximum Gasteiger partial charge on any atom is 0.273 e. The first kappa shape index (κ1) is 15.8. The predicted molar refractivity (Wildman–Crippen MR) is 90.6 cm³/mol. The number of aromatic amines is 1. The molecule has 2 aromatic heterocycles. The number of hydrogen-bond donors (Lipinski definition) is 1. The van der Waals surface area contributed by atoms with E-state index in [1.54, 1.807) is 24.3 Å². The predicted octanol–water partition coefficient (Wildman–Crippen LogP) is 3.55. The first-order valence-electron chi connectivity index (χ1n) is 7.13. The molecule has 0 spiro atoms. The van der Waals surface area contributed by atoms with Crippen LogP contribution in [-0.4, -0.2) is 26.0 Å². The molecule has 3 rings (SSSR count). The Labute approximate surface area is 141 Å². The molecule has 0 aliphatic carbocycles. The third-order valence-corrected chi connectivity index (χ3v) is 3.67. The summed E-state index contributed by atoms with van der Waals surface area (Å²) in [7, 11) is 0. The number of hydrogen-bond acceptors (Lipinski definition) is 6. The summed E-state index contributed by atoms with van der Waals surface area (Å²) in [6.45, 7) is 1.87. The number of H-pyrrole nitrogens is 1. The quantitative estimate of drug-likeness (QED) is 0.330. The topological polar surface area (TPSA) is 102 Å². The minimum atomic E-state index is -0.395. The molecule has 1 N–H and O–H groups in total. The van der Waals surface area contributed by atoms with Gasteiger partial charge in [0.2, 0.25) is 10.6 Å². The molecule has 0 radical (unpaired) electrons. The molecule has 0 saturated carbocycles. The van der Waals surface area contributed by atoms with Gasteiger partial charge in [-0.05, 0) is 30.8 Å². The average molecular weight is 343 g/mol. The van der Waals surface area contributed by atoms with Crippen molar-refractivity contribution in [3.63, 3.8) is 0 Å². The number of rotatable bonds is 5. The number of aromatic nitrogens is 3. The molecule has 0 atom stereocenters. The van der Waals surface area contributed by atoms with Gasteiger partial charge in [0.25, 0.3) is 5.69 Å². The summed E-state index contributed by atoms with van der Waals surface area (Å²) >= 11 is 5.15. The maximum atomic E-state index is 11.1. The molecule has 24 heavy (non-hydrogen) atoms. The molecule has 9 heteroatoms. The Morgan fingerprint density at radius 2 is 2.33 bits per heavy atom. The first-order chi connectivity index (χ1) is 11.6. The second-order valence-corrected chi connectivity index (χ2v) is 5.27. The minimum Gasteiger partial charge on any atom is -0.461 e. The van der Waals surface area contributed by atoms with Crippen molar-refractivity contribution in [2.45, 2.75) is 13.3 Å². The molecule has 0 saturated heterocycles. The molecule has 0 aliphatic rings. The fourth-order valence-corrected chi connectivity index (χ4v) is 2.40. The first-order valence-corrected chi connectivity index (χ1v) is 7.54. The van der Waals surface area contributed by atoms with Gasteiger partial charge in [0, 0.05) is 17.2 Å².